The van der Waals surface area contributed by atoms with Crippen molar-refractivity contribution in [1.82, 2.24) is 16.2 Å². The van der Waals surface area contributed by atoms with E-state index in [2.05, 4.69) is 23.1 Å². The van der Waals surface area contributed by atoms with E-state index >= 15 is 0 Å². The van der Waals surface area contributed by atoms with Crippen LogP contribution >= 0.6 is 12.2 Å². The molecule has 2 heterocycles. The van der Waals surface area contributed by atoms with Crippen LogP contribution in [0.15, 0.2) is 0 Å². The average molecular weight is 386 g/mol. The highest BCUT2D eigenvalue weighted by Crippen LogP contribution is 2.45. The number of carboxylic acid groups (broad SMARTS) is 1. The Morgan fingerprint density at radius 2 is 1.85 bits per heavy atom. The fourth-order valence-corrected chi connectivity index (χ4v) is 4.41. The van der Waals surface area contributed by atoms with Crippen LogP contribution < -0.4 is 16.2 Å². The summed E-state index contributed by atoms with van der Waals surface area (Å²) < 4.78 is 6.15. The highest BCUT2D eigenvalue weighted by Gasteiger charge is 2.47. The first-order chi connectivity index (χ1) is 12.6. The van der Waals surface area contributed by atoms with Gasteiger partial charge in [-0.3, -0.25) is 10.2 Å². The zero-order valence-electron chi connectivity index (χ0n) is 16.0. The number of thiocarbonyl (C=S) groups is 1. The van der Waals surface area contributed by atoms with Crippen molar-refractivity contribution in [3.8, 4) is 0 Å². The van der Waals surface area contributed by atoms with Gasteiger partial charge in [0.1, 0.15) is 0 Å². The van der Waals surface area contributed by atoms with E-state index in [1.54, 1.807) is 0 Å². The Hall–Kier alpha value is -0.920. The number of carbonyl (C=O) groups is 1. The summed E-state index contributed by atoms with van der Waals surface area (Å²) in [5, 5.41) is 12.6. The van der Waals surface area contributed by atoms with E-state index in [4.69, 9.17) is 22.1 Å². The Labute approximate surface area is 162 Å². The molecule has 4 unspecified atom stereocenters. The average Bonchev–Trinajstić information content (AvgIpc) is 3.20. The number of ether oxygens (including phenoxy) is 1. The van der Waals surface area contributed by atoms with Gasteiger partial charge in [0.15, 0.2) is 5.11 Å². The first-order valence-electron chi connectivity index (χ1n) is 10.3. The van der Waals surface area contributed by atoms with Crippen LogP contribution in [0.3, 0.4) is 0 Å². The maximum Gasteiger partial charge on any atom is 0.303 e. The molecule has 4 atom stereocenters. The zero-order valence-corrected chi connectivity index (χ0v) is 16.8. The predicted molar refractivity (Wildman–Crippen MR) is 107 cm³/mol. The molecule has 6 nitrogen and oxygen atoms in total. The van der Waals surface area contributed by atoms with Crippen molar-refractivity contribution in [3.05, 3.63) is 0 Å². The van der Waals surface area contributed by atoms with E-state index in [0.717, 1.165) is 51.6 Å². The van der Waals surface area contributed by atoms with E-state index in [-0.39, 0.29) is 0 Å². The third-order valence-electron chi connectivity index (χ3n) is 5.62. The molecular weight excluding hydrogens is 350 g/mol. The number of rotatable bonds is 13. The summed E-state index contributed by atoms with van der Waals surface area (Å²) in [6.07, 6.45) is 11.0. The van der Waals surface area contributed by atoms with Crippen molar-refractivity contribution in [1.29, 1.82) is 0 Å². The van der Waals surface area contributed by atoms with Crippen LogP contribution in [-0.4, -0.2) is 41.5 Å². The Kier molecular flexibility index (Phi) is 9.64. The molecule has 2 aliphatic heterocycles. The van der Waals surface area contributed by atoms with Crippen molar-refractivity contribution >= 4 is 23.3 Å². The van der Waals surface area contributed by atoms with E-state index in [1.165, 1.54) is 19.3 Å². The van der Waals surface area contributed by atoms with E-state index in [9.17, 15) is 4.79 Å². The molecule has 0 spiro atoms. The molecule has 0 aromatic carbocycles. The van der Waals surface area contributed by atoms with Crippen molar-refractivity contribution in [3.63, 3.8) is 0 Å². The lowest BCUT2D eigenvalue weighted by Gasteiger charge is -2.28. The monoisotopic (exact) mass is 385 g/mol. The molecule has 2 saturated heterocycles. The van der Waals surface area contributed by atoms with Gasteiger partial charge in [-0.15, -0.1) is 0 Å². The zero-order chi connectivity index (χ0) is 18.8. The number of hydrazine groups is 1. The summed E-state index contributed by atoms with van der Waals surface area (Å²) in [7, 11) is 0. The quantitative estimate of drug-likeness (QED) is 0.220. The van der Waals surface area contributed by atoms with Crippen LogP contribution in [0.1, 0.15) is 71.1 Å². The molecule has 0 amide bonds. The van der Waals surface area contributed by atoms with E-state index in [0.29, 0.717) is 35.6 Å². The van der Waals surface area contributed by atoms with Gasteiger partial charge >= 0.3 is 5.97 Å². The Morgan fingerprint density at radius 1 is 1.12 bits per heavy atom. The Morgan fingerprint density at radius 3 is 2.58 bits per heavy atom. The highest BCUT2D eigenvalue weighted by atomic mass is 32.1. The molecule has 2 aliphatic rings. The van der Waals surface area contributed by atoms with Crippen molar-refractivity contribution in [2.45, 2.75) is 83.3 Å². The van der Waals surface area contributed by atoms with Gasteiger partial charge < -0.3 is 15.2 Å². The second-order valence-electron chi connectivity index (χ2n) is 7.58. The molecule has 0 radical (unpaired) electrons. The normalized spacial score (nSPS) is 26.8. The van der Waals surface area contributed by atoms with Crippen molar-refractivity contribution in [2.75, 3.05) is 13.1 Å². The lowest BCUT2D eigenvalue weighted by atomic mass is 9.76. The van der Waals surface area contributed by atoms with Gasteiger partial charge in [0.2, 0.25) is 0 Å². The summed E-state index contributed by atoms with van der Waals surface area (Å²) in [4.78, 5) is 10.5. The van der Waals surface area contributed by atoms with Crippen LogP contribution in [0, 0.1) is 11.8 Å². The molecule has 0 saturated carbocycles. The first kappa shape index (κ1) is 21.4. The molecule has 0 aromatic heterocycles. The highest BCUT2D eigenvalue weighted by molar-refractivity contribution is 7.80. The molecule has 2 rings (SSSR count). The van der Waals surface area contributed by atoms with Crippen molar-refractivity contribution in [2.24, 2.45) is 11.8 Å². The molecule has 2 fully saturated rings. The standard InChI is InChI=1S/C19H35N3O3S/c1-2-3-12-20-19(26)22-21-13-15-14(16-10-11-17(15)25-16)8-6-4-5-7-9-18(23)24/h14-17,21H,2-13H2,1H3,(H,23,24)(H2,20,22,26). The number of hydrogen-bond donors (Lipinski definition) is 4. The number of hydrogen-bond acceptors (Lipinski definition) is 4. The number of fused-ring (bicyclic) bond motifs is 2. The van der Waals surface area contributed by atoms with E-state index < -0.39 is 5.97 Å². The minimum absolute atomic E-state index is 0.293. The summed E-state index contributed by atoms with van der Waals surface area (Å²) in [5.74, 6) is 0.468. The van der Waals surface area contributed by atoms with Gasteiger partial charge in [0.25, 0.3) is 0 Å². The van der Waals surface area contributed by atoms with Crippen LogP contribution in [0.5, 0.6) is 0 Å². The molecule has 0 aromatic rings. The Balaban J connectivity index is 1.63. The molecule has 0 aliphatic carbocycles. The molecular formula is C19H35N3O3S. The lowest BCUT2D eigenvalue weighted by Crippen LogP contribution is -2.48. The fourth-order valence-electron chi connectivity index (χ4n) is 4.24. The predicted octanol–water partition coefficient (Wildman–Crippen LogP) is 2.97. The van der Waals surface area contributed by atoms with Crippen LogP contribution in [0.2, 0.25) is 0 Å². The van der Waals surface area contributed by atoms with Crippen molar-refractivity contribution < 1.29 is 14.6 Å². The maximum atomic E-state index is 10.5. The molecule has 4 N–H and O–H groups in total. The van der Waals surface area contributed by atoms with Gasteiger partial charge in [-0.2, -0.15) is 0 Å². The van der Waals surface area contributed by atoms with Gasteiger partial charge in [-0.1, -0.05) is 32.6 Å². The summed E-state index contributed by atoms with van der Waals surface area (Å²) in [6, 6.07) is 0. The molecule has 26 heavy (non-hydrogen) atoms. The van der Waals surface area contributed by atoms with Gasteiger partial charge in [0.05, 0.1) is 12.2 Å². The minimum atomic E-state index is -0.688. The van der Waals surface area contributed by atoms with Gasteiger partial charge in [-0.05, 0) is 50.2 Å². The second kappa shape index (κ2) is 11.7. The maximum absolute atomic E-state index is 10.5. The molecule has 7 heteroatoms. The second-order valence-corrected chi connectivity index (χ2v) is 7.99. The first-order valence-corrected chi connectivity index (χ1v) is 10.7. The van der Waals surface area contributed by atoms with E-state index in [1.807, 2.05) is 0 Å². The van der Waals surface area contributed by atoms with Gasteiger partial charge in [-0.25, -0.2) is 5.43 Å². The Bertz CT molecular complexity index is 450. The molecule has 2 bridgehead atoms. The van der Waals surface area contributed by atoms with Crippen LogP contribution in [0.4, 0.5) is 0 Å². The largest absolute Gasteiger partial charge is 0.481 e. The number of carboxylic acids is 1. The summed E-state index contributed by atoms with van der Waals surface area (Å²) >= 11 is 5.27. The number of aliphatic carboxylic acids is 1. The van der Waals surface area contributed by atoms with Gasteiger partial charge in [0, 0.05) is 25.4 Å². The van der Waals surface area contributed by atoms with Crippen LogP contribution in [-0.2, 0) is 9.53 Å². The SMILES string of the molecule is CCCCNC(=S)NNCC1C2CCC(O2)C1CCCCCCC(=O)O. The number of unbranched alkanes of at least 4 members (excludes halogenated alkanes) is 4. The molecule has 150 valence electrons. The summed E-state index contributed by atoms with van der Waals surface area (Å²) in [5.41, 5.74) is 6.40. The van der Waals surface area contributed by atoms with Crippen LogP contribution in [0.25, 0.3) is 0 Å². The topological polar surface area (TPSA) is 82.6 Å². The minimum Gasteiger partial charge on any atom is -0.481 e. The third-order valence-corrected chi connectivity index (χ3v) is 5.87. The number of nitrogens with one attached hydrogen (secondary N) is 3. The summed E-state index contributed by atoms with van der Waals surface area (Å²) in [6.45, 7) is 3.95. The smallest absolute Gasteiger partial charge is 0.303 e. The fraction of sp³-hybridized carbons (Fsp3) is 0.895. The lowest BCUT2D eigenvalue weighted by molar-refractivity contribution is -0.137. The third kappa shape index (κ3) is 7.00.